The van der Waals surface area contributed by atoms with Crippen molar-refractivity contribution in [3.63, 3.8) is 0 Å². The Morgan fingerprint density at radius 1 is 1.30 bits per heavy atom. The summed E-state index contributed by atoms with van der Waals surface area (Å²) in [6.07, 6.45) is -0.416. The molecule has 2 heterocycles. The van der Waals surface area contributed by atoms with E-state index in [9.17, 15) is 5.11 Å². The Bertz CT molecular complexity index is 492. The number of morpholine rings is 1. The molecule has 2 unspecified atom stereocenters. The van der Waals surface area contributed by atoms with E-state index in [0.29, 0.717) is 0 Å². The minimum absolute atomic E-state index is 0.0243. The van der Waals surface area contributed by atoms with Crippen molar-refractivity contribution >= 4 is 5.69 Å². The number of hydrogen-bond acceptors (Lipinski definition) is 4. The van der Waals surface area contributed by atoms with E-state index in [-0.39, 0.29) is 11.5 Å². The molecule has 0 aliphatic carbocycles. The molecule has 4 heteroatoms. The van der Waals surface area contributed by atoms with Crippen LogP contribution in [-0.2, 0) is 4.74 Å². The summed E-state index contributed by atoms with van der Waals surface area (Å²) >= 11 is 0. The monoisotopic (exact) mass is 277 g/mol. The van der Waals surface area contributed by atoms with Gasteiger partial charge in [-0.05, 0) is 26.8 Å². The molecule has 2 aliphatic heterocycles. The molecule has 110 valence electrons. The van der Waals surface area contributed by atoms with Crippen LogP contribution in [0.25, 0.3) is 0 Å². The van der Waals surface area contributed by atoms with Crippen molar-refractivity contribution in [3.8, 4) is 5.75 Å². The van der Waals surface area contributed by atoms with Gasteiger partial charge in [0.05, 0.1) is 25.2 Å². The van der Waals surface area contributed by atoms with Gasteiger partial charge in [0.1, 0.15) is 11.4 Å². The van der Waals surface area contributed by atoms with E-state index in [0.717, 1.165) is 37.6 Å². The van der Waals surface area contributed by atoms with Gasteiger partial charge < -0.3 is 19.5 Å². The first-order valence-electron chi connectivity index (χ1n) is 7.33. The van der Waals surface area contributed by atoms with Crippen LogP contribution >= 0.6 is 0 Å². The van der Waals surface area contributed by atoms with Crippen LogP contribution < -0.4 is 9.64 Å². The molecular weight excluding hydrogens is 254 g/mol. The van der Waals surface area contributed by atoms with Gasteiger partial charge in [-0.25, -0.2) is 0 Å². The zero-order valence-electron chi connectivity index (χ0n) is 12.4. The van der Waals surface area contributed by atoms with E-state index in [1.54, 1.807) is 0 Å². The number of anilines is 1. The van der Waals surface area contributed by atoms with Gasteiger partial charge in [-0.3, -0.25) is 0 Å². The molecule has 3 rings (SSSR count). The standard InChI is InChI=1S/C16H23NO3/c1-11(18)15-13-5-4-12(17-6-8-19-9-7-17)10-14(13)20-16(15,2)3/h4-5,10-11,15,18H,6-9H2,1-3H3. The first kappa shape index (κ1) is 13.7. The van der Waals surface area contributed by atoms with Crippen molar-refractivity contribution in [2.45, 2.75) is 38.4 Å². The molecule has 1 N–H and O–H groups in total. The summed E-state index contributed by atoms with van der Waals surface area (Å²) < 4.78 is 11.5. The van der Waals surface area contributed by atoms with Gasteiger partial charge in [-0.1, -0.05) is 6.07 Å². The molecule has 1 saturated heterocycles. The van der Waals surface area contributed by atoms with Gasteiger partial charge in [0.25, 0.3) is 0 Å². The van der Waals surface area contributed by atoms with E-state index in [4.69, 9.17) is 9.47 Å². The molecule has 2 atom stereocenters. The molecule has 0 spiro atoms. The van der Waals surface area contributed by atoms with Crippen molar-refractivity contribution in [2.75, 3.05) is 31.2 Å². The number of hydrogen-bond donors (Lipinski definition) is 1. The third-order valence-corrected chi connectivity index (χ3v) is 4.31. The van der Waals surface area contributed by atoms with Gasteiger partial charge >= 0.3 is 0 Å². The van der Waals surface area contributed by atoms with Crippen molar-refractivity contribution in [1.82, 2.24) is 0 Å². The summed E-state index contributed by atoms with van der Waals surface area (Å²) in [6.45, 7) is 9.31. The molecule has 4 nitrogen and oxygen atoms in total. The lowest BCUT2D eigenvalue weighted by Gasteiger charge is -2.29. The highest BCUT2D eigenvalue weighted by molar-refractivity contribution is 5.57. The molecule has 0 amide bonds. The van der Waals surface area contributed by atoms with Crippen LogP contribution in [0.15, 0.2) is 18.2 Å². The molecule has 0 aromatic heterocycles. The summed E-state index contributed by atoms with van der Waals surface area (Å²) in [7, 11) is 0. The smallest absolute Gasteiger partial charge is 0.125 e. The average molecular weight is 277 g/mol. The molecule has 0 bridgehead atoms. The molecule has 2 aliphatic rings. The Labute approximate surface area is 120 Å². The van der Waals surface area contributed by atoms with Crippen LogP contribution in [0, 0.1) is 0 Å². The van der Waals surface area contributed by atoms with Gasteiger partial charge in [-0.15, -0.1) is 0 Å². The number of aliphatic hydroxyl groups excluding tert-OH is 1. The highest BCUT2D eigenvalue weighted by Gasteiger charge is 2.43. The first-order chi connectivity index (χ1) is 9.49. The summed E-state index contributed by atoms with van der Waals surface area (Å²) in [6, 6.07) is 6.33. The molecule has 1 fully saturated rings. The van der Waals surface area contributed by atoms with Crippen LogP contribution in [0.2, 0.25) is 0 Å². The number of rotatable bonds is 2. The predicted octanol–water partition coefficient (Wildman–Crippen LogP) is 2.16. The number of benzene rings is 1. The van der Waals surface area contributed by atoms with E-state index >= 15 is 0 Å². The fraction of sp³-hybridized carbons (Fsp3) is 0.625. The van der Waals surface area contributed by atoms with E-state index in [2.05, 4.69) is 23.1 Å². The average Bonchev–Trinajstić information content (AvgIpc) is 2.68. The largest absolute Gasteiger partial charge is 0.487 e. The fourth-order valence-electron chi connectivity index (χ4n) is 3.45. The van der Waals surface area contributed by atoms with Crippen LogP contribution in [0.4, 0.5) is 5.69 Å². The maximum absolute atomic E-state index is 10.0. The topological polar surface area (TPSA) is 41.9 Å². The third kappa shape index (κ3) is 2.27. The highest BCUT2D eigenvalue weighted by Crippen LogP contribution is 2.47. The SMILES string of the molecule is CC(O)C1c2ccc(N3CCOCC3)cc2OC1(C)C. The van der Waals surface area contributed by atoms with Gasteiger partial charge in [-0.2, -0.15) is 0 Å². The zero-order chi connectivity index (χ0) is 14.3. The molecule has 20 heavy (non-hydrogen) atoms. The second kappa shape index (κ2) is 4.93. The Morgan fingerprint density at radius 3 is 2.65 bits per heavy atom. The van der Waals surface area contributed by atoms with E-state index in [1.165, 1.54) is 5.69 Å². The normalized spacial score (nSPS) is 26.0. The Morgan fingerprint density at radius 2 is 2.00 bits per heavy atom. The second-order valence-electron chi connectivity index (χ2n) is 6.25. The van der Waals surface area contributed by atoms with Gasteiger partial charge in [0.15, 0.2) is 0 Å². The van der Waals surface area contributed by atoms with Crippen LogP contribution in [0.1, 0.15) is 32.3 Å². The maximum Gasteiger partial charge on any atom is 0.125 e. The summed E-state index contributed by atoms with van der Waals surface area (Å²) in [5, 5.41) is 10.0. The Hall–Kier alpha value is -1.26. The lowest BCUT2D eigenvalue weighted by atomic mass is 9.83. The van der Waals surface area contributed by atoms with Crippen molar-refractivity contribution < 1.29 is 14.6 Å². The summed E-state index contributed by atoms with van der Waals surface area (Å²) in [4.78, 5) is 2.32. The lowest BCUT2D eigenvalue weighted by Crippen LogP contribution is -2.36. The number of nitrogens with zero attached hydrogens (tertiary/aromatic N) is 1. The first-order valence-corrected chi connectivity index (χ1v) is 7.33. The van der Waals surface area contributed by atoms with Crippen molar-refractivity contribution in [2.24, 2.45) is 0 Å². The number of aliphatic hydroxyl groups is 1. The quantitative estimate of drug-likeness (QED) is 0.899. The number of ether oxygens (including phenoxy) is 2. The summed E-state index contributed by atoms with van der Waals surface area (Å²) in [5.41, 5.74) is 1.93. The van der Waals surface area contributed by atoms with Crippen molar-refractivity contribution in [1.29, 1.82) is 0 Å². The maximum atomic E-state index is 10.0. The minimum atomic E-state index is -0.416. The van der Waals surface area contributed by atoms with E-state index in [1.807, 2.05) is 20.8 Å². The predicted molar refractivity (Wildman–Crippen MR) is 78.6 cm³/mol. The number of fused-ring (bicyclic) bond motifs is 1. The third-order valence-electron chi connectivity index (χ3n) is 4.31. The molecule has 1 aromatic rings. The lowest BCUT2D eigenvalue weighted by molar-refractivity contribution is 0.0448. The Kier molecular flexibility index (Phi) is 3.38. The summed E-state index contributed by atoms with van der Waals surface area (Å²) in [5.74, 6) is 0.932. The minimum Gasteiger partial charge on any atom is -0.487 e. The molecular formula is C16H23NO3. The van der Waals surface area contributed by atoms with Gasteiger partial charge in [0, 0.05) is 30.4 Å². The van der Waals surface area contributed by atoms with Crippen LogP contribution in [0.3, 0.4) is 0 Å². The molecule has 0 radical (unpaired) electrons. The fourth-order valence-corrected chi connectivity index (χ4v) is 3.45. The van der Waals surface area contributed by atoms with Gasteiger partial charge in [0.2, 0.25) is 0 Å². The highest BCUT2D eigenvalue weighted by atomic mass is 16.5. The second-order valence-corrected chi connectivity index (χ2v) is 6.25. The molecule has 1 aromatic carbocycles. The zero-order valence-corrected chi connectivity index (χ0v) is 12.4. The van der Waals surface area contributed by atoms with E-state index < -0.39 is 6.10 Å². The van der Waals surface area contributed by atoms with Crippen LogP contribution in [-0.4, -0.2) is 43.1 Å². The van der Waals surface area contributed by atoms with Crippen LogP contribution in [0.5, 0.6) is 5.75 Å². The Balaban J connectivity index is 1.91. The molecule has 0 saturated carbocycles. The van der Waals surface area contributed by atoms with Crippen molar-refractivity contribution in [3.05, 3.63) is 23.8 Å².